The molecule has 0 aliphatic heterocycles. The SMILES string of the molecule is CCCCn1c(=O)ccc2cnc(Nc3ccc4c(c3)CCCC4=O)nc21. The van der Waals surface area contributed by atoms with E-state index in [1.807, 2.05) is 18.2 Å². The molecule has 3 aromatic rings. The molecule has 27 heavy (non-hydrogen) atoms. The van der Waals surface area contributed by atoms with Crippen molar-refractivity contribution >= 4 is 28.5 Å². The molecular weight excluding hydrogens is 340 g/mol. The number of fused-ring (bicyclic) bond motifs is 2. The summed E-state index contributed by atoms with van der Waals surface area (Å²) in [6, 6.07) is 9.07. The summed E-state index contributed by atoms with van der Waals surface area (Å²) in [6.45, 7) is 2.74. The lowest BCUT2D eigenvalue weighted by molar-refractivity contribution is 0.0972. The van der Waals surface area contributed by atoms with Gasteiger partial charge in [0.15, 0.2) is 5.78 Å². The number of nitrogens with zero attached hydrogens (tertiary/aromatic N) is 3. The predicted molar refractivity (Wildman–Crippen MR) is 106 cm³/mol. The number of pyridine rings is 1. The van der Waals surface area contributed by atoms with Gasteiger partial charge >= 0.3 is 0 Å². The standard InChI is InChI=1S/C21H22N4O2/c1-2-3-11-25-19(27)10-7-15-13-22-21(24-20(15)25)23-16-8-9-17-14(12-16)5-4-6-18(17)26/h7-10,12-13H,2-6,11H2,1H3,(H,22,23,24). The molecule has 0 bridgehead atoms. The van der Waals surface area contributed by atoms with Crippen LogP contribution in [0.2, 0.25) is 0 Å². The minimum absolute atomic E-state index is 0.0482. The Bertz CT molecular complexity index is 1070. The van der Waals surface area contributed by atoms with Crippen LogP contribution in [0.15, 0.2) is 41.3 Å². The highest BCUT2D eigenvalue weighted by Crippen LogP contribution is 2.25. The number of benzene rings is 1. The van der Waals surface area contributed by atoms with E-state index in [1.54, 1.807) is 22.9 Å². The number of Topliss-reactive ketones (excluding diaryl/α,β-unsaturated/α-hetero) is 1. The van der Waals surface area contributed by atoms with Crippen LogP contribution < -0.4 is 10.9 Å². The highest BCUT2D eigenvalue weighted by molar-refractivity contribution is 5.98. The zero-order chi connectivity index (χ0) is 18.8. The van der Waals surface area contributed by atoms with Gasteiger partial charge in [-0.15, -0.1) is 0 Å². The molecule has 0 spiro atoms. The van der Waals surface area contributed by atoms with E-state index in [9.17, 15) is 9.59 Å². The number of aromatic nitrogens is 3. The fraction of sp³-hybridized carbons (Fsp3) is 0.333. The first-order valence-electron chi connectivity index (χ1n) is 9.45. The van der Waals surface area contributed by atoms with E-state index in [0.717, 1.165) is 47.9 Å². The van der Waals surface area contributed by atoms with Crippen LogP contribution in [-0.4, -0.2) is 20.3 Å². The summed E-state index contributed by atoms with van der Waals surface area (Å²) in [5.74, 6) is 0.658. The molecule has 4 rings (SSSR count). The molecule has 0 saturated carbocycles. The van der Waals surface area contributed by atoms with Crippen LogP contribution >= 0.6 is 0 Å². The number of carbonyl (C=O) groups is 1. The summed E-state index contributed by atoms with van der Waals surface area (Å²) >= 11 is 0. The van der Waals surface area contributed by atoms with E-state index in [4.69, 9.17) is 0 Å². The van der Waals surface area contributed by atoms with Crippen LogP contribution in [0.4, 0.5) is 11.6 Å². The van der Waals surface area contributed by atoms with Gasteiger partial charge in [-0.05, 0) is 49.1 Å². The number of anilines is 2. The van der Waals surface area contributed by atoms with Gasteiger partial charge in [-0.1, -0.05) is 13.3 Å². The quantitative estimate of drug-likeness (QED) is 0.746. The van der Waals surface area contributed by atoms with Gasteiger partial charge in [0, 0.05) is 41.9 Å². The first kappa shape index (κ1) is 17.4. The Morgan fingerprint density at radius 2 is 2.04 bits per heavy atom. The minimum atomic E-state index is -0.0482. The molecule has 1 aromatic carbocycles. The number of rotatable bonds is 5. The number of hydrogen-bond acceptors (Lipinski definition) is 5. The molecule has 1 aliphatic rings. The number of unbranched alkanes of at least 4 members (excludes halogenated alkanes) is 1. The van der Waals surface area contributed by atoms with Crippen molar-refractivity contribution in [1.82, 2.24) is 14.5 Å². The molecule has 1 aliphatic carbocycles. The van der Waals surface area contributed by atoms with Crippen LogP contribution in [0.1, 0.15) is 48.5 Å². The summed E-state index contributed by atoms with van der Waals surface area (Å²) in [4.78, 5) is 33.2. The Morgan fingerprint density at radius 3 is 2.89 bits per heavy atom. The Labute approximate surface area is 157 Å². The van der Waals surface area contributed by atoms with Crippen LogP contribution in [0.3, 0.4) is 0 Å². The van der Waals surface area contributed by atoms with Gasteiger partial charge in [-0.3, -0.25) is 14.2 Å². The van der Waals surface area contributed by atoms with E-state index in [0.29, 0.717) is 24.6 Å². The van der Waals surface area contributed by atoms with Crippen LogP contribution in [0.5, 0.6) is 0 Å². The maximum Gasteiger partial charge on any atom is 0.252 e. The van der Waals surface area contributed by atoms with E-state index in [2.05, 4.69) is 22.2 Å². The lowest BCUT2D eigenvalue weighted by Crippen LogP contribution is -2.20. The number of nitrogens with one attached hydrogen (secondary N) is 1. The second-order valence-electron chi connectivity index (χ2n) is 6.92. The van der Waals surface area contributed by atoms with Crippen molar-refractivity contribution < 1.29 is 4.79 Å². The van der Waals surface area contributed by atoms with E-state index < -0.39 is 0 Å². The molecule has 0 fully saturated rings. The smallest absolute Gasteiger partial charge is 0.252 e. The Morgan fingerprint density at radius 1 is 1.15 bits per heavy atom. The van der Waals surface area contributed by atoms with E-state index in [1.165, 1.54) is 0 Å². The van der Waals surface area contributed by atoms with Crippen LogP contribution in [0.25, 0.3) is 11.0 Å². The molecule has 138 valence electrons. The van der Waals surface area contributed by atoms with Gasteiger partial charge in [0.2, 0.25) is 5.95 Å². The summed E-state index contributed by atoms with van der Waals surface area (Å²) in [5, 5.41) is 4.05. The first-order valence-corrected chi connectivity index (χ1v) is 9.45. The van der Waals surface area contributed by atoms with Gasteiger partial charge in [0.1, 0.15) is 5.65 Å². The summed E-state index contributed by atoms with van der Waals surface area (Å²) in [6.07, 6.45) is 6.09. The zero-order valence-corrected chi connectivity index (χ0v) is 15.4. The monoisotopic (exact) mass is 362 g/mol. The lowest BCUT2D eigenvalue weighted by atomic mass is 9.90. The van der Waals surface area contributed by atoms with Gasteiger partial charge in [-0.2, -0.15) is 4.98 Å². The highest BCUT2D eigenvalue weighted by Gasteiger charge is 2.17. The normalized spacial score (nSPS) is 13.6. The van der Waals surface area contributed by atoms with Crippen molar-refractivity contribution in [3.8, 4) is 0 Å². The average molecular weight is 362 g/mol. The topological polar surface area (TPSA) is 76.9 Å². The molecule has 2 aromatic heterocycles. The van der Waals surface area contributed by atoms with Crippen molar-refractivity contribution in [1.29, 1.82) is 0 Å². The number of hydrogen-bond donors (Lipinski definition) is 1. The summed E-state index contributed by atoms with van der Waals surface area (Å²) < 4.78 is 1.71. The second-order valence-corrected chi connectivity index (χ2v) is 6.92. The van der Waals surface area contributed by atoms with E-state index >= 15 is 0 Å². The van der Waals surface area contributed by atoms with Gasteiger partial charge < -0.3 is 5.32 Å². The van der Waals surface area contributed by atoms with Crippen LogP contribution in [-0.2, 0) is 13.0 Å². The number of ketones is 1. The fourth-order valence-electron chi connectivity index (χ4n) is 3.52. The molecule has 6 heteroatoms. The zero-order valence-electron chi connectivity index (χ0n) is 15.4. The molecule has 0 unspecified atom stereocenters. The third-order valence-corrected chi connectivity index (χ3v) is 4.97. The van der Waals surface area contributed by atoms with Crippen LogP contribution in [0, 0.1) is 0 Å². The Kier molecular flexibility index (Phi) is 4.71. The molecule has 0 radical (unpaired) electrons. The summed E-state index contributed by atoms with van der Waals surface area (Å²) in [7, 11) is 0. The molecule has 0 atom stereocenters. The van der Waals surface area contributed by atoms with Crippen molar-refractivity contribution in [3.05, 3.63) is 58.0 Å². The second kappa shape index (κ2) is 7.31. The maximum atomic E-state index is 12.3. The Balaban J connectivity index is 1.68. The molecule has 0 amide bonds. The van der Waals surface area contributed by atoms with Gasteiger partial charge in [0.25, 0.3) is 5.56 Å². The predicted octanol–water partition coefficient (Wildman–Crippen LogP) is 3.85. The number of carbonyl (C=O) groups excluding carboxylic acids is 1. The molecule has 2 heterocycles. The van der Waals surface area contributed by atoms with Gasteiger partial charge in [0.05, 0.1) is 0 Å². The largest absolute Gasteiger partial charge is 0.324 e. The number of aryl methyl sites for hydroxylation is 2. The van der Waals surface area contributed by atoms with E-state index in [-0.39, 0.29) is 11.3 Å². The van der Waals surface area contributed by atoms with Gasteiger partial charge in [-0.25, -0.2) is 4.98 Å². The minimum Gasteiger partial charge on any atom is -0.324 e. The first-order chi connectivity index (χ1) is 13.2. The highest BCUT2D eigenvalue weighted by atomic mass is 16.1. The van der Waals surface area contributed by atoms with Crippen molar-refractivity contribution in [2.24, 2.45) is 0 Å². The molecule has 1 N–H and O–H groups in total. The fourth-order valence-corrected chi connectivity index (χ4v) is 3.52. The molecular formula is C21H22N4O2. The molecule has 6 nitrogen and oxygen atoms in total. The third-order valence-electron chi connectivity index (χ3n) is 4.97. The van der Waals surface area contributed by atoms with Crippen molar-refractivity contribution in [2.45, 2.75) is 45.6 Å². The molecule has 0 saturated heterocycles. The maximum absolute atomic E-state index is 12.3. The van der Waals surface area contributed by atoms with Crippen molar-refractivity contribution in [2.75, 3.05) is 5.32 Å². The summed E-state index contributed by atoms with van der Waals surface area (Å²) in [5.41, 5.74) is 3.33. The Hall–Kier alpha value is -3.02. The lowest BCUT2D eigenvalue weighted by Gasteiger charge is -2.16. The van der Waals surface area contributed by atoms with Crippen molar-refractivity contribution in [3.63, 3.8) is 0 Å². The average Bonchev–Trinajstić information content (AvgIpc) is 2.67. The third kappa shape index (κ3) is 3.47.